The van der Waals surface area contributed by atoms with Crippen molar-refractivity contribution in [2.45, 2.75) is 44.3 Å². The molecule has 7 nitrogen and oxygen atoms in total. The average Bonchev–Trinajstić information content (AvgIpc) is 2.91. The lowest BCUT2D eigenvalue weighted by molar-refractivity contribution is -0.133. The van der Waals surface area contributed by atoms with Gasteiger partial charge in [-0.3, -0.25) is 4.79 Å². The first-order valence-corrected chi connectivity index (χ1v) is 6.34. The molecule has 0 bridgehead atoms. The van der Waals surface area contributed by atoms with E-state index in [0.29, 0.717) is 12.1 Å². The summed E-state index contributed by atoms with van der Waals surface area (Å²) < 4.78 is 1.46. The highest BCUT2D eigenvalue weighted by molar-refractivity contribution is 5.75. The van der Waals surface area contributed by atoms with E-state index in [-0.39, 0.29) is 12.5 Å². The maximum absolute atomic E-state index is 12.1. The van der Waals surface area contributed by atoms with Gasteiger partial charge in [0.25, 0.3) is 0 Å². The number of nitrogens with one attached hydrogen (secondary N) is 1. The van der Waals surface area contributed by atoms with Crippen molar-refractivity contribution < 1.29 is 4.79 Å². The summed E-state index contributed by atoms with van der Waals surface area (Å²) in [5.41, 5.74) is 0. The third kappa shape index (κ3) is 3.04. The summed E-state index contributed by atoms with van der Waals surface area (Å²) in [6.07, 6.45) is 5.84. The molecule has 1 fully saturated rings. The van der Waals surface area contributed by atoms with Crippen LogP contribution in [0.15, 0.2) is 6.33 Å². The second-order valence-corrected chi connectivity index (χ2v) is 4.81. The van der Waals surface area contributed by atoms with Crippen LogP contribution in [0.1, 0.15) is 25.7 Å². The van der Waals surface area contributed by atoms with E-state index in [2.05, 4.69) is 20.8 Å². The molecule has 1 N–H and O–H groups in total. The van der Waals surface area contributed by atoms with Crippen LogP contribution in [0.2, 0.25) is 0 Å². The monoisotopic (exact) mass is 252 g/mol. The van der Waals surface area contributed by atoms with Gasteiger partial charge in [0.1, 0.15) is 12.9 Å². The second-order valence-electron chi connectivity index (χ2n) is 4.81. The van der Waals surface area contributed by atoms with Crippen LogP contribution in [0.3, 0.4) is 0 Å². The molecule has 1 aliphatic rings. The van der Waals surface area contributed by atoms with E-state index >= 15 is 0 Å². The lowest BCUT2D eigenvalue weighted by Gasteiger charge is -2.34. The van der Waals surface area contributed by atoms with Gasteiger partial charge < -0.3 is 10.2 Å². The van der Waals surface area contributed by atoms with Crippen molar-refractivity contribution >= 4 is 5.91 Å². The Balaban J connectivity index is 1.83. The van der Waals surface area contributed by atoms with Crippen molar-refractivity contribution in [3.05, 3.63) is 6.33 Å². The number of carbonyl (C=O) groups excluding carboxylic acids is 1. The van der Waals surface area contributed by atoms with E-state index in [1.807, 2.05) is 19.0 Å². The Labute approximate surface area is 107 Å². The minimum absolute atomic E-state index is 0.0650. The largest absolute Gasteiger partial charge is 0.341 e. The molecule has 0 spiro atoms. The van der Waals surface area contributed by atoms with Gasteiger partial charge in [-0.25, -0.2) is 4.68 Å². The summed E-state index contributed by atoms with van der Waals surface area (Å²) in [6, 6.07) is 0.947. The quantitative estimate of drug-likeness (QED) is 0.793. The molecule has 0 aromatic carbocycles. The van der Waals surface area contributed by atoms with Crippen molar-refractivity contribution in [2.24, 2.45) is 0 Å². The Morgan fingerprint density at radius 3 is 2.72 bits per heavy atom. The molecule has 1 aliphatic carbocycles. The van der Waals surface area contributed by atoms with Crippen LogP contribution in [0.4, 0.5) is 0 Å². The van der Waals surface area contributed by atoms with Crippen molar-refractivity contribution in [3.63, 3.8) is 0 Å². The van der Waals surface area contributed by atoms with Crippen LogP contribution in [0.25, 0.3) is 0 Å². The minimum Gasteiger partial charge on any atom is -0.341 e. The zero-order chi connectivity index (χ0) is 13.0. The highest BCUT2D eigenvalue weighted by atomic mass is 16.2. The third-order valence-corrected chi connectivity index (χ3v) is 3.73. The molecular weight excluding hydrogens is 232 g/mol. The lowest BCUT2D eigenvalue weighted by atomic mass is 9.90. The summed E-state index contributed by atoms with van der Waals surface area (Å²) in [4.78, 5) is 13.9. The Morgan fingerprint density at radius 1 is 1.44 bits per heavy atom. The summed E-state index contributed by atoms with van der Waals surface area (Å²) in [7, 11) is 3.87. The predicted molar refractivity (Wildman–Crippen MR) is 65.7 cm³/mol. The number of rotatable bonds is 4. The van der Waals surface area contributed by atoms with Crippen LogP contribution in [-0.2, 0) is 11.3 Å². The van der Waals surface area contributed by atoms with Crippen LogP contribution >= 0.6 is 0 Å². The first kappa shape index (κ1) is 12.9. The molecule has 1 aromatic rings. The molecule has 0 unspecified atom stereocenters. The highest BCUT2D eigenvalue weighted by Gasteiger charge is 2.25. The molecule has 0 radical (unpaired) electrons. The number of nitrogens with zero attached hydrogens (tertiary/aromatic N) is 5. The van der Waals surface area contributed by atoms with Crippen LogP contribution in [0.5, 0.6) is 0 Å². The van der Waals surface area contributed by atoms with Gasteiger partial charge >= 0.3 is 0 Å². The van der Waals surface area contributed by atoms with E-state index in [1.54, 1.807) is 0 Å². The van der Waals surface area contributed by atoms with E-state index in [1.165, 1.54) is 11.0 Å². The fraction of sp³-hybridized carbons (Fsp3) is 0.818. The van der Waals surface area contributed by atoms with Crippen molar-refractivity contribution in [2.75, 3.05) is 14.1 Å². The molecule has 2 rings (SSSR count). The van der Waals surface area contributed by atoms with E-state index in [0.717, 1.165) is 25.7 Å². The number of tetrazole rings is 1. The fourth-order valence-corrected chi connectivity index (χ4v) is 2.46. The minimum atomic E-state index is 0.0650. The van der Waals surface area contributed by atoms with Gasteiger partial charge in [-0.2, -0.15) is 0 Å². The zero-order valence-corrected chi connectivity index (χ0v) is 10.9. The van der Waals surface area contributed by atoms with Crippen LogP contribution in [0, 0.1) is 0 Å². The maximum atomic E-state index is 12.1. The maximum Gasteiger partial charge on any atom is 0.244 e. The van der Waals surface area contributed by atoms with E-state index in [4.69, 9.17) is 0 Å². The van der Waals surface area contributed by atoms with Crippen LogP contribution in [-0.4, -0.2) is 57.2 Å². The predicted octanol–water partition coefficient (Wildman–Crippen LogP) is -0.338. The number of likely N-dealkylation sites (N-methyl/N-ethyl adjacent to an activating group) is 1. The second kappa shape index (κ2) is 5.90. The Morgan fingerprint density at radius 2 is 2.17 bits per heavy atom. The van der Waals surface area contributed by atoms with E-state index in [9.17, 15) is 4.79 Å². The molecule has 1 aromatic heterocycles. The average molecular weight is 252 g/mol. The Kier molecular flexibility index (Phi) is 4.24. The molecule has 100 valence electrons. The lowest BCUT2D eigenvalue weighted by Crippen LogP contribution is -2.43. The van der Waals surface area contributed by atoms with Gasteiger partial charge in [0.15, 0.2) is 0 Å². The SMILES string of the molecule is CNC1CCC(N(C)C(=O)Cn2cnnn2)CC1. The smallest absolute Gasteiger partial charge is 0.244 e. The van der Waals surface area contributed by atoms with Gasteiger partial charge in [0.05, 0.1) is 0 Å². The molecule has 0 atom stereocenters. The number of hydrogen-bond acceptors (Lipinski definition) is 5. The Bertz CT molecular complexity index is 371. The number of carbonyl (C=O) groups is 1. The number of hydrogen-bond donors (Lipinski definition) is 1. The fourth-order valence-electron chi connectivity index (χ4n) is 2.46. The van der Waals surface area contributed by atoms with Gasteiger partial charge in [-0.1, -0.05) is 0 Å². The molecule has 18 heavy (non-hydrogen) atoms. The Hall–Kier alpha value is -1.50. The normalized spacial score (nSPS) is 23.9. The molecule has 0 aliphatic heterocycles. The number of aromatic nitrogens is 4. The third-order valence-electron chi connectivity index (χ3n) is 3.73. The standard InChI is InChI=1S/C11H20N6O/c1-12-9-3-5-10(6-4-9)16(2)11(18)7-17-8-13-14-15-17/h8-10,12H,3-7H2,1-2H3. The molecule has 7 heteroatoms. The molecule has 1 heterocycles. The summed E-state index contributed by atoms with van der Waals surface area (Å²) in [6.45, 7) is 0.218. The first-order valence-electron chi connectivity index (χ1n) is 6.34. The van der Waals surface area contributed by atoms with Crippen molar-refractivity contribution in [1.29, 1.82) is 0 Å². The topological polar surface area (TPSA) is 75.9 Å². The van der Waals surface area contributed by atoms with Gasteiger partial charge in [0, 0.05) is 19.1 Å². The first-order chi connectivity index (χ1) is 8.70. The van der Waals surface area contributed by atoms with Gasteiger partial charge in [-0.15, -0.1) is 5.10 Å². The highest BCUT2D eigenvalue weighted by Crippen LogP contribution is 2.22. The summed E-state index contributed by atoms with van der Waals surface area (Å²) >= 11 is 0. The molecular formula is C11H20N6O. The van der Waals surface area contributed by atoms with Gasteiger partial charge in [0.2, 0.25) is 5.91 Å². The summed E-state index contributed by atoms with van der Waals surface area (Å²) in [5, 5.41) is 14.0. The molecule has 0 saturated heterocycles. The van der Waals surface area contributed by atoms with Crippen molar-refractivity contribution in [1.82, 2.24) is 30.4 Å². The molecule has 1 saturated carbocycles. The zero-order valence-electron chi connectivity index (χ0n) is 10.9. The molecule has 1 amide bonds. The number of amides is 1. The van der Waals surface area contributed by atoms with Crippen LogP contribution < -0.4 is 5.32 Å². The van der Waals surface area contributed by atoms with Crippen molar-refractivity contribution in [3.8, 4) is 0 Å². The van der Waals surface area contributed by atoms with Gasteiger partial charge in [-0.05, 0) is 43.2 Å². The summed E-state index contributed by atoms with van der Waals surface area (Å²) in [5.74, 6) is 0.0650. The van der Waals surface area contributed by atoms with E-state index < -0.39 is 0 Å².